The molecular weight excluding hydrogens is 420 g/mol. The molecule has 2 rings (SSSR count). The largest absolute Gasteiger partial charge is 0.368 e. The topological polar surface area (TPSA) is 113 Å². The van der Waals surface area contributed by atoms with Crippen molar-refractivity contribution in [2.24, 2.45) is 11.7 Å². The van der Waals surface area contributed by atoms with Crippen LogP contribution in [0.2, 0.25) is 0 Å². The lowest BCUT2D eigenvalue weighted by Crippen LogP contribution is -2.52. The van der Waals surface area contributed by atoms with E-state index >= 15 is 0 Å². The Bertz CT molecular complexity index is 627. The van der Waals surface area contributed by atoms with Gasteiger partial charge in [0.1, 0.15) is 12.1 Å². The summed E-state index contributed by atoms with van der Waals surface area (Å²) in [5.74, 6) is -0.375. The first-order valence-electron chi connectivity index (χ1n) is 12.4. The fraction of sp³-hybridized carbons (Fsp3) is 0.760. The van der Waals surface area contributed by atoms with Crippen LogP contribution in [0.1, 0.15) is 86.0 Å². The van der Waals surface area contributed by atoms with E-state index in [1.54, 1.807) is 0 Å². The third-order valence-corrected chi connectivity index (χ3v) is 5.20. The lowest BCUT2D eigenvalue weighted by molar-refractivity contribution is -0.141. The van der Waals surface area contributed by atoms with Crippen molar-refractivity contribution in [3.8, 4) is 0 Å². The minimum Gasteiger partial charge on any atom is -0.368 e. The molecule has 0 spiro atoms. The molecule has 0 saturated carbocycles. The molecule has 2 fully saturated rings. The molecule has 0 bridgehead atoms. The number of carbonyl (C=O) groups excluding carboxylic acids is 4. The van der Waals surface area contributed by atoms with E-state index in [0.717, 1.165) is 38.3 Å². The lowest BCUT2D eigenvalue weighted by Gasteiger charge is -2.28. The number of piperidine rings is 1. The Hall–Kier alpha value is -2.38. The Balaban J connectivity index is 0.00000154. The highest BCUT2D eigenvalue weighted by Crippen LogP contribution is 2.20. The van der Waals surface area contributed by atoms with Crippen molar-refractivity contribution in [1.29, 1.82) is 0 Å². The first kappa shape index (κ1) is 30.6. The highest BCUT2D eigenvalue weighted by Gasteiger charge is 2.35. The number of rotatable bonds is 8. The fourth-order valence-corrected chi connectivity index (χ4v) is 3.68. The maximum absolute atomic E-state index is 12.6. The second-order valence-corrected chi connectivity index (χ2v) is 8.91. The molecule has 1 unspecified atom stereocenters. The van der Waals surface area contributed by atoms with Gasteiger partial charge in [0, 0.05) is 32.5 Å². The molecule has 2 atom stereocenters. The molecule has 8 nitrogen and oxygen atoms in total. The molecule has 2 aliphatic heterocycles. The summed E-state index contributed by atoms with van der Waals surface area (Å²) in [6.45, 7) is 16.1. The van der Waals surface area contributed by atoms with Gasteiger partial charge >= 0.3 is 0 Å². The van der Waals surface area contributed by atoms with Gasteiger partial charge in [0.25, 0.3) is 0 Å². The number of nitrogens with one attached hydrogen (secondary N) is 1. The second-order valence-electron chi connectivity index (χ2n) is 8.91. The van der Waals surface area contributed by atoms with E-state index in [-0.39, 0.29) is 37.0 Å². The van der Waals surface area contributed by atoms with Gasteiger partial charge in [-0.15, -0.1) is 6.58 Å². The average Bonchev–Trinajstić information content (AvgIpc) is 3.28. The van der Waals surface area contributed by atoms with Gasteiger partial charge in [0.15, 0.2) is 0 Å². The molecule has 0 radical (unpaired) electrons. The quantitative estimate of drug-likeness (QED) is 0.535. The zero-order valence-corrected chi connectivity index (χ0v) is 21.4. The van der Waals surface area contributed by atoms with E-state index in [1.807, 2.05) is 18.7 Å². The molecule has 8 heteroatoms. The van der Waals surface area contributed by atoms with Crippen molar-refractivity contribution in [2.45, 2.75) is 98.1 Å². The molecular formula is C25H46N4O4. The highest BCUT2D eigenvalue weighted by molar-refractivity contribution is 5.92. The Morgan fingerprint density at radius 1 is 0.970 bits per heavy atom. The van der Waals surface area contributed by atoms with Crippen LogP contribution < -0.4 is 11.1 Å². The Kier molecular flexibility index (Phi) is 15.9. The van der Waals surface area contributed by atoms with Crippen LogP contribution in [-0.2, 0) is 19.2 Å². The van der Waals surface area contributed by atoms with Crippen molar-refractivity contribution in [3.63, 3.8) is 0 Å². The highest BCUT2D eigenvalue weighted by atomic mass is 16.2. The second kappa shape index (κ2) is 17.1. The van der Waals surface area contributed by atoms with E-state index in [0.29, 0.717) is 19.4 Å². The number of carbonyl (C=O) groups is 4. The summed E-state index contributed by atoms with van der Waals surface area (Å²) in [4.78, 5) is 52.1. The number of nitrogens with zero attached hydrogens (tertiary/aromatic N) is 2. The van der Waals surface area contributed by atoms with Crippen molar-refractivity contribution in [2.75, 3.05) is 19.6 Å². The van der Waals surface area contributed by atoms with Crippen LogP contribution in [0.4, 0.5) is 0 Å². The number of primary amides is 1. The van der Waals surface area contributed by atoms with E-state index < -0.39 is 18.0 Å². The van der Waals surface area contributed by atoms with Gasteiger partial charge in [-0.1, -0.05) is 40.7 Å². The molecule has 2 aliphatic rings. The lowest BCUT2D eigenvalue weighted by atomic mass is 10.1. The molecule has 4 amide bonds. The summed E-state index contributed by atoms with van der Waals surface area (Å²) in [5, 5.41) is 2.61. The zero-order valence-electron chi connectivity index (χ0n) is 21.4. The van der Waals surface area contributed by atoms with Gasteiger partial charge in [-0.05, 0) is 44.4 Å². The van der Waals surface area contributed by atoms with Crippen LogP contribution in [0, 0.1) is 5.92 Å². The van der Waals surface area contributed by atoms with Crippen LogP contribution in [0.3, 0.4) is 0 Å². The fourth-order valence-electron chi connectivity index (χ4n) is 3.68. The number of amides is 4. The van der Waals surface area contributed by atoms with Crippen LogP contribution in [-0.4, -0.2) is 65.1 Å². The number of nitrogens with two attached hydrogens (primary N) is 1. The molecule has 0 aliphatic carbocycles. The Morgan fingerprint density at radius 2 is 1.52 bits per heavy atom. The smallest absolute Gasteiger partial charge is 0.243 e. The van der Waals surface area contributed by atoms with Gasteiger partial charge in [0.05, 0.1) is 0 Å². The third-order valence-electron chi connectivity index (χ3n) is 5.20. The molecule has 0 aromatic heterocycles. The first-order chi connectivity index (χ1) is 15.7. The van der Waals surface area contributed by atoms with Crippen molar-refractivity contribution < 1.29 is 19.2 Å². The van der Waals surface area contributed by atoms with Gasteiger partial charge in [0.2, 0.25) is 23.6 Å². The molecule has 190 valence electrons. The van der Waals surface area contributed by atoms with Crippen LogP contribution in [0.15, 0.2) is 12.7 Å². The number of likely N-dealkylation sites (tertiary alicyclic amines) is 2. The van der Waals surface area contributed by atoms with Crippen molar-refractivity contribution in [1.82, 2.24) is 15.1 Å². The summed E-state index contributed by atoms with van der Waals surface area (Å²) >= 11 is 0. The predicted octanol–water partition coefficient (Wildman–Crippen LogP) is 3.00. The van der Waals surface area contributed by atoms with Gasteiger partial charge in [-0.25, -0.2) is 0 Å². The van der Waals surface area contributed by atoms with E-state index in [4.69, 9.17) is 5.73 Å². The summed E-state index contributed by atoms with van der Waals surface area (Å²) < 4.78 is 0. The molecule has 2 heterocycles. The summed E-state index contributed by atoms with van der Waals surface area (Å²) in [6.07, 6.45) is 6.45. The van der Waals surface area contributed by atoms with Crippen molar-refractivity contribution >= 4 is 23.6 Å². The minimum atomic E-state index is -0.826. The normalized spacial score (nSPS) is 18.3. The van der Waals surface area contributed by atoms with Crippen LogP contribution >= 0.6 is 0 Å². The summed E-state index contributed by atoms with van der Waals surface area (Å²) in [5.41, 5.74) is 5.29. The average molecular weight is 467 g/mol. The van der Waals surface area contributed by atoms with E-state index in [1.165, 1.54) is 11.0 Å². The van der Waals surface area contributed by atoms with Gasteiger partial charge in [-0.3, -0.25) is 19.2 Å². The van der Waals surface area contributed by atoms with Crippen molar-refractivity contribution in [3.05, 3.63) is 12.7 Å². The summed E-state index contributed by atoms with van der Waals surface area (Å²) in [6, 6.07) is -1.44. The van der Waals surface area contributed by atoms with Crippen LogP contribution in [0.25, 0.3) is 0 Å². The van der Waals surface area contributed by atoms with E-state index in [2.05, 4.69) is 32.7 Å². The predicted molar refractivity (Wildman–Crippen MR) is 132 cm³/mol. The Labute approximate surface area is 200 Å². The summed E-state index contributed by atoms with van der Waals surface area (Å²) in [7, 11) is 0. The maximum Gasteiger partial charge on any atom is 0.243 e. The molecule has 33 heavy (non-hydrogen) atoms. The van der Waals surface area contributed by atoms with Gasteiger partial charge < -0.3 is 20.9 Å². The molecule has 2 saturated heterocycles. The molecule has 3 N–H and O–H groups in total. The SMILES string of the molecule is C=CCC(NC(=O)[C@@H]1CCCN1C(=O)CCC(=O)N1CCCCC1)C(N)=O.CC.CC(C)C. The van der Waals surface area contributed by atoms with Gasteiger partial charge in [-0.2, -0.15) is 0 Å². The number of hydrogen-bond acceptors (Lipinski definition) is 4. The van der Waals surface area contributed by atoms with E-state index in [9.17, 15) is 19.2 Å². The molecule has 0 aromatic carbocycles. The molecule has 0 aromatic rings. The zero-order chi connectivity index (χ0) is 25.4. The minimum absolute atomic E-state index is 0.00280. The first-order valence-corrected chi connectivity index (χ1v) is 12.4. The monoisotopic (exact) mass is 466 g/mol. The third kappa shape index (κ3) is 11.9. The standard InChI is InChI=1S/C19H30N4O4.C4H10.C2H6/c1-2-7-14(18(20)26)21-19(27)15-8-6-13-23(15)17(25)10-9-16(24)22-11-4-3-5-12-22;1-4(2)3;1-2/h2,14-15H,1,3-13H2,(H2,20,26)(H,21,27);4H,1-3H3;1-2H3/t14?,15-;;/m0../s1. The Morgan fingerprint density at radius 3 is 2.03 bits per heavy atom. The van der Waals surface area contributed by atoms with Crippen LogP contribution in [0.5, 0.6) is 0 Å². The number of hydrogen-bond donors (Lipinski definition) is 2. The maximum atomic E-state index is 12.6.